The predicted molar refractivity (Wildman–Crippen MR) is 107 cm³/mol. The van der Waals surface area contributed by atoms with E-state index in [0.717, 1.165) is 32.8 Å². The van der Waals surface area contributed by atoms with E-state index >= 15 is 0 Å². The van der Waals surface area contributed by atoms with Gasteiger partial charge in [0.1, 0.15) is 0 Å². The Balaban J connectivity index is 1.76. The summed E-state index contributed by atoms with van der Waals surface area (Å²) in [6.07, 6.45) is 4.70. The summed E-state index contributed by atoms with van der Waals surface area (Å²) >= 11 is -0.735. The molecule has 0 bridgehead atoms. The normalized spacial score (nSPS) is 14.7. The lowest BCUT2D eigenvalue weighted by atomic mass is 9.88. The summed E-state index contributed by atoms with van der Waals surface area (Å²) in [6.45, 7) is 3.92. The lowest BCUT2D eigenvalue weighted by molar-refractivity contribution is -0.138. The van der Waals surface area contributed by atoms with Crippen molar-refractivity contribution in [3.8, 4) is 11.1 Å². The largest absolute Gasteiger partial charge is 0.772 e. The molecule has 0 aliphatic rings. The second-order valence-electron chi connectivity index (χ2n) is 6.84. The van der Waals surface area contributed by atoms with Crippen LogP contribution < -0.4 is 5.48 Å². The molecule has 0 aliphatic carbocycles. The van der Waals surface area contributed by atoms with Crippen LogP contribution in [-0.2, 0) is 28.8 Å². The van der Waals surface area contributed by atoms with Crippen LogP contribution in [0.2, 0.25) is 0 Å². The van der Waals surface area contributed by atoms with Crippen LogP contribution in [0.5, 0.6) is 0 Å². The Hall–Kier alpha value is -2.14. The molecule has 0 saturated heterocycles. The van der Waals surface area contributed by atoms with Crippen LogP contribution in [0.3, 0.4) is 0 Å². The Labute approximate surface area is 168 Å². The minimum atomic E-state index is -2.41. The first-order chi connectivity index (χ1) is 13.3. The Morgan fingerprint density at radius 1 is 1.43 bits per heavy atom. The molecule has 8 nitrogen and oxygen atoms in total. The fourth-order valence-corrected chi connectivity index (χ4v) is 4.69. The number of nitrogens with one attached hydrogen (secondary N) is 1. The highest BCUT2D eigenvalue weighted by molar-refractivity contribution is 7.79. The van der Waals surface area contributed by atoms with Gasteiger partial charge in [-0.05, 0) is 37.5 Å². The number of hydroxylamine groups is 1. The van der Waals surface area contributed by atoms with Gasteiger partial charge in [0.05, 0.1) is 26.8 Å². The Bertz CT molecular complexity index is 1020. The van der Waals surface area contributed by atoms with Gasteiger partial charge in [-0.2, -0.15) is 5.10 Å². The molecule has 3 aromatic rings. The molecule has 10 heteroatoms. The van der Waals surface area contributed by atoms with Crippen molar-refractivity contribution in [3.05, 3.63) is 35.6 Å². The summed E-state index contributed by atoms with van der Waals surface area (Å²) in [6, 6.07) is 6.06. The Kier molecular flexibility index (Phi) is 6.23. The van der Waals surface area contributed by atoms with Gasteiger partial charge in [0.2, 0.25) is 5.91 Å². The van der Waals surface area contributed by atoms with Crippen molar-refractivity contribution >= 4 is 38.5 Å². The zero-order valence-electron chi connectivity index (χ0n) is 15.5. The van der Waals surface area contributed by atoms with Crippen molar-refractivity contribution in [1.29, 1.82) is 0 Å². The van der Waals surface area contributed by atoms with Gasteiger partial charge in [-0.15, -0.1) is 11.3 Å². The Morgan fingerprint density at radius 2 is 2.21 bits per heavy atom. The number of hydrogen-bond acceptors (Lipinski definition) is 7. The number of benzene rings is 1. The number of carbonyl (C=O) groups is 1. The molecule has 0 aliphatic heterocycles. The molecule has 2 N–H and O–H groups in total. The summed E-state index contributed by atoms with van der Waals surface area (Å²) in [7, 11) is 0. The smallest absolute Gasteiger partial charge is 0.250 e. The summed E-state index contributed by atoms with van der Waals surface area (Å²) < 4.78 is 24.9. The molecule has 3 rings (SSSR count). The molecule has 2 aromatic heterocycles. The zero-order chi connectivity index (χ0) is 20.3. The van der Waals surface area contributed by atoms with E-state index in [1.165, 1.54) is 6.92 Å². The standard InChI is InChI=1S/C18H22N4O4S2/c1-3-16-20-14-5-4-12(8-15(14)27-16)13-9-19-22(10-13)7-6-18(2,11-28(25)26)17(23)21-24/h4-5,8-10,24H,3,6-7,11H2,1-2H3,(H,21,23)(H,25,26)/p-1. The van der Waals surface area contributed by atoms with Gasteiger partial charge in [-0.1, -0.05) is 24.1 Å². The van der Waals surface area contributed by atoms with Crippen LogP contribution in [0.25, 0.3) is 21.3 Å². The third-order valence-corrected chi connectivity index (χ3v) is 6.72. The molecule has 0 saturated carbocycles. The van der Waals surface area contributed by atoms with Crippen LogP contribution in [0.15, 0.2) is 30.6 Å². The highest BCUT2D eigenvalue weighted by Crippen LogP contribution is 2.29. The maximum atomic E-state index is 11.9. The molecule has 150 valence electrons. The van der Waals surface area contributed by atoms with Crippen molar-refractivity contribution in [3.63, 3.8) is 0 Å². The van der Waals surface area contributed by atoms with Gasteiger partial charge in [0, 0.05) is 24.1 Å². The highest BCUT2D eigenvalue weighted by Gasteiger charge is 2.33. The predicted octanol–water partition coefficient (Wildman–Crippen LogP) is 2.50. The second-order valence-corrected chi connectivity index (χ2v) is 8.85. The first kappa shape index (κ1) is 20.6. The van der Waals surface area contributed by atoms with E-state index in [9.17, 15) is 13.6 Å². The number of aromatic nitrogens is 3. The highest BCUT2D eigenvalue weighted by atomic mass is 32.2. The molecule has 0 fully saturated rings. The van der Waals surface area contributed by atoms with Crippen LogP contribution in [-0.4, -0.2) is 40.4 Å². The van der Waals surface area contributed by atoms with E-state index in [0.29, 0.717) is 6.54 Å². The van der Waals surface area contributed by atoms with E-state index in [1.807, 2.05) is 18.3 Å². The van der Waals surface area contributed by atoms with Gasteiger partial charge < -0.3 is 4.55 Å². The second kappa shape index (κ2) is 8.48. The van der Waals surface area contributed by atoms with Crippen LogP contribution in [0, 0.1) is 5.41 Å². The van der Waals surface area contributed by atoms with Crippen LogP contribution in [0.4, 0.5) is 0 Å². The first-order valence-electron chi connectivity index (χ1n) is 8.77. The van der Waals surface area contributed by atoms with E-state index in [2.05, 4.69) is 23.1 Å². The van der Waals surface area contributed by atoms with E-state index in [-0.39, 0.29) is 12.2 Å². The lowest BCUT2D eigenvalue weighted by Crippen LogP contribution is -2.42. The monoisotopic (exact) mass is 421 g/mol. The summed E-state index contributed by atoms with van der Waals surface area (Å²) in [5, 5.41) is 14.3. The number of fused-ring (bicyclic) bond motifs is 1. The number of amides is 1. The fraction of sp³-hybridized carbons (Fsp3) is 0.389. The molecule has 0 spiro atoms. The molecule has 2 unspecified atom stereocenters. The zero-order valence-corrected chi connectivity index (χ0v) is 17.2. The maximum Gasteiger partial charge on any atom is 0.250 e. The number of carbonyl (C=O) groups excluding carboxylic acids is 1. The SMILES string of the molecule is CCc1nc2ccc(-c3cnn(CCC(C)(CS(=O)[O-])C(=O)NO)c3)cc2s1. The van der Waals surface area contributed by atoms with E-state index in [1.54, 1.807) is 27.7 Å². The van der Waals surface area contributed by atoms with Gasteiger partial charge in [0.15, 0.2) is 0 Å². The van der Waals surface area contributed by atoms with E-state index < -0.39 is 22.4 Å². The molecule has 2 atom stereocenters. The molecular formula is C18H21N4O4S2-. The van der Waals surface area contributed by atoms with Crippen LogP contribution >= 0.6 is 11.3 Å². The quantitative estimate of drug-likeness (QED) is 0.328. The average Bonchev–Trinajstić information content (AvgIpc) is 3.30. The minimum Gasteiger partial charge on any atom is -0.772 e. The van der Waals surface area contributed by atoms with Crippen molar-refractivity contribution in [1.82, 2.24) is 20.2 Å². The third-order valence-electron chi connectivity index (χ3n) is 4.68. The molecule has 28 heavy (non-hydrogen) atoms. The van der Waals surface area contributed by atoms with Crippen molar-refractivity contribution in [2.45, 2.75) is 33.2 Å². The molecule has 1 amide bonds. The number of thiazole rings is 1. The van der Waals surface area contributed by atoms with Crippen molar-refractivity contribution < 1.29 is 18.8 Å². The summed E-state index contributed by atoms with van der Waals surface area (Å²) in [4.78, 5) is 16.5. The van der Waals surface area contributed by atoms with E-state index in [4.69, 9.17) is 5.21 Å². The average molecular weight is 422 g/mol. The molecule has 0 radical (unpaired) electrons. The summed E-state index contributed by atoms with van der Waals surface area (Å²) in [5.41, 5.74) is 3.23. The summed E-state index contributed by atoms with van der Waals surface area (Å²) in [5.74, 6) is -1.11. The maximum absolute atomic E-state index is 11.9. The molecule has 1 aromatic carbocycles. The van der Waals surface area contributed by atoms with Gasteiger partial charge >= 0.3 is 0 Å². The van der Waals surface area contributed by atoms with Crippen molar-refractivity contribution in [2.75, 3.05) is 5.75 Å². The first-order valence-corrected chi connectivity index (χ1v) is 10.8. The number of nitrogens with zero attached hydrogens (tertiary/aromatic N) is 3. The fourth-order valence-electron chi connectivity index (χ4n) is 2.95. The van der Waals surface area contributed by atoms with Crippen molar-refractivity contribution in [2.24, 2.45) is 5.41 Å². The number of aryl methyl sites for hydroxylation is 2. The van der Waals surface area contributed by atoms with Gasteiger partial charge in [-0.3, -0.25) is 18.9 Å². The van der Waals surface area contributed by atoms with Gasteiger partial charge in [0.25, 0.3) is 0 Å². The number of rotatable bonds is 8. The molecular weight excluding hydrogens is 400 g/mol. The van der Waals surface area contributed by atoms with Crippen LogP contribution in [0.1, 0.15) is 25.3 Å². The Morgan fingerprint density at radius 3 is 2.89 bits per heavy atom. The topological polar surface area (TPSA) is 120 Å². The van der Waals surface area contributed by atoms with Gasteiger partial charge in [-0.25, -0.2) is 10.5 Å². The number of hydrogen-bond donors (Lipinski definition) is 2. The minimum absolute atomic E-state index is 0.211. The molecule has 2 heterocycles. The third kappa shape index (κ3) is 4.46. The lowest BCUT2D eigenvalue weighted by Gasteiger charge is -2.27.